The Balaban J connectivity index is 1.27. The molecule has 0 spiro atoms. The molecule has 2 saturated heterocycles. The van der Waals surface area contributed by atoms with Gasteiger partial charge in [0.25, 0.3) is 0 Å². The van der Waals surface area contributed by atoms with E-state index >= 15 is 0 Å². The molecule has 8 heteroatoms. The van der Waals surface area contributed by atoms with Crippen LogP contribution in [0.15, 0.2) is 35.1 Å². The van der Waals surface area contributed by atoms with Crippen LogP contribution in [0.25, 0.3) is 0 Å². The van der Waals surface area contributed by atoms with E-state index in [1.54, 1.807) is 6.33 Å². The van der Waals surface area contributed by atoms with E-state index in [1.807, 2.05) is 0 Å². The summed E-state index contributed by atoms with van der Waals surface area (Å²) in [6, 6.07) is 9.22. The minimum atomic E-state index is 0.228. The van der Waals surface area contributed by atoms with Crippen LogP contribution in [0.3, 0.4) is 0 Å². The van der Waals surface area contributed by atoms with Gasteiger partial charge in [-0.25, -0.2) is 0 Å². The predicted octanol–water partition coefficient (Wildman–Crippen LogP) is 3.64. The molecule has 2 fully saturated rings. The molecule has 5 rings (SSSR count). The van der Waals surface area contributed by atoms with Crippen molar-refractivity contribution in [2.75, 3.05) is 50.8 Å². The Kier molecular flexibility index (Phi) is 8.13. The molecular weight excluding hydrogens is 537 g/mol. The van der Waals surface area contributed by atoms with Crippen LogP contribution >= 0.6 is 15.9 Å². The van der Waals surface area contributed by atoms with Crippen LogP contribution in [0.2, 0.25) is 0 Å². The van der Waals surface area contributed by atoms with E-state index in [-0.39, 0.29) is 5.92 Å². The van der Waals surface area contributed by atoms with Gasteiger partial charge in [-0.05, 0) is 0 Å². The van der Waals surface area contributed by atoms with Crippen LogP contribution in [-0.2, 0) is 26.5 Å². The quantitative estimate of drug-likeness (QED) is 0.548. The average Bonchev–Trinajstić information content (AvgIpc) is 3.27. The fourth-order valence-electron chi connectivity index (χ4n) is 5.43. The van der Waals surface area contributed by atoms with E-state index in [4.69, 9.17) is 25.0 Å². The first-order valence-electron chi connectivity index (χ1n) is 12.5. The molecular formula is C26H34BrCoN5O. The number of hydrogen-bond acceptors (Lipinski definition) is 6. The molecule has 2 aromatic rings. The standard InChI is InChI=1S/C26H34BrN5O.Co/c1-19-2-7-24-25(19)26(30-18-29-24)32-12-10-31(11-13-32)17-21(20-3-5-22(27)6-4-20)16-28-23-8-14-33-15-9-23;/h3-6,18-19,21,23,28H,2,7-16H2,1H3;/t19-,21+;/m1./s1. The fraction of sp³-hybridized carbons (Fsp3) is 0.577. The summed E-state index contributed by atoms with van der Waals surface area (Å²) in [6.07, 6.45) is 6.17. The number of anilines is 1. The molecule has 2 atom stereocenters. The molecule has 1 N–H and O–H groups in total. The van der Waals surface area contributed by atoms with Gasteiger partial charge in [-0.3, -0.25) is 0 Å². The van der Waals surface area contributed by atoms with Crippen LogP contribution in [0, 0.1) is 0 Å². The number of hydrogen-bond donors (Lipinski definition) is 1. The number of rotatable bonds is 7. The number of nitrogens with one attached hydrogen (secondary N) is 1. The van der Waals surface area contributed by atoms with Gasteiger partial charge in [-0.2, -0.15) is 0 Å². The Bertz CT molecular complexity index is 989. The Labute approximate surface area is 219 Å². The molecule has 1 aromatic carbocycles. The van der Waals surface area contributed by atoms with Crippen LogP contribution < -0.4 is 10.2 Å². The van der Waals surface area contributed by atoms with Gasteiger partial charge in [0, 0.05) is 0 Å². The summed E-state index contributed by atoms with van der Waals surface area (Å²) in [5, 5.41) is 3.81. The van der Waals surface area contributed by atoms with Gasteiger partial charge in [0.15, 0.2) is 0 Å². The van der Waals surface area contributed by atoms with Crippen LogP contribution in [0.4, 0.5) is 5.82 Å². The number of aryl methyl sites for hydroxylation is 1. The molecule has 34 heavy (non-hydrogen) atoms. The van der Waals surface area contributed by atoms with Crippen LogP contribution in [-0.4, -0.2) is 71.4 Å². The monoisotopic (exact) mass is 570 g/mol. The second-order valence-electron chi connectivity index (χ2n) is 9.67. The normalized spacial score (nSPS) is 22.6. The maximum atomic E-state index is 5.54. The van der Waals surface area contributed by atoms with Crippen molar-refractivity contribution in [3.8, 4) is 0 Å². The van der Waals surface area contributed by atoms with Crippen molar-refractivity contribution in [2.45, 2.75) is 50.5 Å². The molecule has 0 amide bonds. The minimum absolute atomic E-state index is 0.228. The van der Waals surface area contributed by atoms with Gasteiger partial charge in [0.05, 0.1) is 0 Å². The van der Waals surface area contributed by atoms with Crippen molar-refractivity contribution >= 4 is 26.3 Å². The Hall–Kier alpha value is -1.16. The number of fused-ring (bicyclic) bond motifs is 1. The van der Waals surface area contributed by atoms with Gasteiger partial charge >= 0.3 is 220 Å². The SMILES string of the molecule is C[C@@H]1CCc2ncnc(N3CCN([C](=[Co])[C@H](CNC4CCOCC4)c4ccc(Br)cc4)CC3)c21. The molecule has 0 radical (unpaired) electrons. The van der Waals surface area contributed by atoms with Gasteiger partial charge in [-0.15, -0.1) is 0 Å². The van der Waals surface area contributed by atoms with E-state index in [0.29, 0.717) is 12.0 Å². The van der Waals surface area contributed by atoms with Crippen LogP contribution in [0.1, 0.15) is 54.8 Å². The number of halogens is 1. The second-order valence-corrected chi connectivity index (χ2v) is 11.1. The summed E-state index contributed by atoms with van der Waals surface area (Å²) in [7, 11) is 0. The van der Waals surface area contributed by atoms with E-state index in [1.165, 1.54) is 23.2 Å². The summed E-state index contributed by atoms with van der Waals surface area (Å²) in [5.41, 5.74) is 3.92. The fourth-order valence-corrected chi connectivity index (χ4v) is 6.20. The second kappa shape index (κ2) is 11.3. The summed E-state index contributed by atoms with van der Waals surface area (Å²) < 4.78 is 7.79. The zero-order valence-corrected chi connectivity index (χ0v) is 22.4. The van der Waals surface area contributed by atoms with Crippen molar-refractivity contribution in [2.24, 2.45) is 0 Å². The Morgan fingerprint density at radius 3 is 2.59 bits per heavy atom. The molecule has 2 aliphatic heterocycles. The number of aromatic nitrogens is 2. The molecule has 0 unspecified atom stereocenters. The van der Waals surface area contributed by atoms with Crippen molar-refractivity contribution in [1.82, 2.24) is 20.2 Å². The molecule has 0 bridgehead atoms. The van der Waals surface area contributed by atoms with Crippen molar-refractivity contribution in [3.05, 3.63) is 51.9 Å². The topological polar surface area (TPSA) is 53.5 Å². The number of nitrogens with zero attached hydrogens (tertiary/aromatic N) is 4. The van der Waals surface area contributed by atoms with E-state index in [9.17, 15) is 0 Å². The van der Waals surface area contributed by atoms with Crippen molar-refractivity contribution in [3.63, 3.8) is 0 Å². The molecule has 185 valence electrons. The maximum absolute atomic E-state index is 5.54. The van der Waals surface area contributed by atoms with Gasteiger partial charge in [-0.1, -0.05) is 0 Å². The van der Waals surface area contributed by atoms with Gasteiger partial charge < -0.3 is 0 Å². The number of piperazine rings is 1. The molecule has 1 aliphatic carbocycles. The summed E-state index contributed by atoms with van der Waals surface area (Å²) in [4.78, 5) is 14.2. The first kappa shape index (κ1) is 24.5. The van der Waals surface area contributed by atoms with Crippen LogP contribution in [0.5, 0.6) is 0 Å². The van der Waals surface area contributed by atoms with E-state index in [2.05, 4.69) is 67.2 Å². The third-order valence-electron chi connectivity index (χ3n) is 7.50. The average molecular weight is 571 g/mol. The summed E-state index contributed by atoms with van der Waals surface area (Å²) in [5.74, 6) is 1.93. The van der Waals surface area contributed by atoms with Crippen molar-refractivity contribution in [1.29, 1.82) is 0 Å². The third-order valence-corrected chi connectivity index (χ3v) is 8.72. The number of ether oxygens (including phenoxy) is 1. The summed E-state index contributed by atoms with van der Waals surface area (Å²) in [6.45, 7) is 8.72. The first-order valence-corrected chi connectivity index (χ1v) is 13.8. The predicted molar refractivity (Wildman–Crippen MR) is 136 cm³/mol. The third kappa shape index (κ3) is 5.47. The Morgan fingerprint density at radius 1 is 1.12 bits per heavy atom. The molecule has 6 nitrogen and oxygen atoms in total. The first-order chi connectivity index (χ1) is 16.6. The molecule has 0 saturated carbocycles. The summed E-state index contributed by atoms with van der Waals surface area (Å²) >= 11 is 8.77. The Morgan fingerprint density at radius 2 is 1.85 bits per heavy atom. The zero-order valence-electron chi connectivity index (χ0n) is 19.8. The zero-order chi connectivity index (χ0) is 23.5. The molecule has 3 aliphatic rings. The van der Waals surface area contributed by atoms with Gasteiger partial charge in [0.2, 0.25) is 0 Å². The number of benzene rings is 1. The van der Waals surface area contributed by atoms with Crippen molar-refractivity contribution < 1.29 is 20.0 Å². The molecule has 1 aromatic heterocycles. The molecule has 3 heterocycles. The van der Waals surface area contributed by atoms with E-state index in [0.717, 1.165) is 80.1 Å². The van der Waals surface area contributed by atoms with Gasteiger partial charge in [0.1, 0.15) is 0 Å². The van der Waals surface area contributed by atoms with E-state index < -0.39 is 0 Å².